The Bertz CT molecular complexity index is 659. The Balaban J connectivity index is 1.90. The van der Waals surface area contributed by atoms with Crippen LogP contribution >= 0.6 is 0 Å². The van der Waals surface area contributed by atoms with Crippen molar-refractivity contribution in [3.05, 3.63) is 65.2 Å². The van der Waals surface area contributed by atoms with Gasteiger partial charge in [0.15, 0.2) is 0 Å². The number of nitrogens with zero attached hydrogens (tertiary/aromatic N) is 1. The number of aryl methyl sites for hydroxylation is 2. The van der Waals surface area contributed by atoms with Gasteiger partial charge < -0.3 is 14.6 Å². The number of aliphatic hydroxyl groups excluding tert-OH is 1. The highest BCUT2D eigenvalue weighted by molar-refractivity contribution is 5.31. The molecule has 142 valence electrons. The molecule has 1 atom stereocenters. The number of aliphatic hydroxyl groups is 1. The molecule has 0 spiro atoms. The zero-order valence-corrected chi connectivity index (χ0v) is 16.1. The van der Waals surface area contributed by atoms with E-state index in [1.807, 2.05) is 31.2 Å². The molecule has 2 aromatic carbocycles. The molecule has 2 aromatic rings. The van der Waals surface area contributed by atoms with E-state index >= 15 is 0 Å². The number of hydrogen-bond acceptors (Lipinski definition) is 4. The van der Waals surface area contributed by atoms with Crippen molar-refractivity contribution < 1.29 is 14.6 Å². The van der Waals surface area contributed by atoms with Crippen LogP contribution in [0, 0.1) is 13.8 Å². The summed E-state index contributed by atoms with van der Waals surface area (Å²) in [6.07, 6.45) is 0.398. The Labute approximate surface area is 157 Å². The Hall–Kier alpha value is -1.88. The van der Waals surface area contributed by atoms with Crippen molar-refractivity contribution in [3.8, 4) is 5.75 Å². The Morgan fingerprint density at radius 2 is 1.88 bits per heavy atom. The Morgan fingerprint density at radius 1 is 1.08 bits per heavy atom. The molecule has 0 aromatic heterocycles. The molecule has 0 heterocycles. The molecule has 0 unspecified atom stereocenters. The summed E-state index contributed by atoms with van der Waals surface area (Å²) in [5.41, 5.74) is 3.59. The summed E-state index contributed by atoms with van der Waals surface area (Å²) in [4.78, 5) is 2.26. The van der Waals surface area contributed by atoms with Gasteiger partial charge in [0, 0.05) is 33.4 Å². The third-order valence-electron chi connectivity index (χ3n) is 4.31. The fourth-order valence-corrected chi connectivity index (χ4v) is 2.99. The summed E-state index contributed by atoms with van der Waals surface area (Å²) in [7, 11) is 1.72. The van der Waals surface area contributed by atoms with Gasteiger partial charge in [0.1, 0.15) is 18.5 Å². The molecule has 2 rings (SSSR count). The van der Waals surface area contributed by atoms with Crippen molar-refractivity contribution in [1.82, 2.24) is 4.90 Å². The standard InChI is InChI=1S/C22H31NO3/c1-18-8-6-10-20(14-18)15-23(12-7-13-25-3)16-21(24)17-26-22-11-5-4-9-19(22)2/h4-6,8-11,14,21,24H,7,12-13,15-17H2,1-3H3/t21-/m1/s1. The molecule has 0 amide bonds. The van der Waals surface area contributed by atoms with Crippen molar-refractivity contribution >= 4 is 0 Å². The van der Waals surface area contributed by atoms with Crippen LogP contribution in [-0.4, -0.2) is 49.5 Å². The van der Waals surface area contributed by atoms with Crippen LogP contribution in [0.1, 0.15) is 23.1 Å². The fourth-order valence-electron chi connectivity index (χ4n) is 2.99. The highest BCUT2D eigenvalue weighted by Gasteiger charge is 2.14. The smallest absolute Gasteiger partial charge is 0.122 e. The van der Waals surface area contributed by atoms with Gasteiger partial charge in [-0.05, 0) is 37.5 Å². The minimum absolute atomic E-state index is 0.291. The first kappa shape index (κ1) is 20.4. The van der Waals surface area contributed by atoms with Crippen LogP contribution in [0.4, 0.5) is 0 Å². The van der Waals surface area contributed by atoms with E-state index in [9.17, 15) is 5.11 Å². The molecule has 0 aliphatic carbocycles. The van der Waals surface area contributed by atoms with E-state index in [2.05, 4.69) is 36.1 Å². The third kappa shape index (κ3) is 7.16. The zero-order chi connectivity index (χ0) is 18.8. The third-order valence-corrected chi connectivity index (χ3v) is 4.31. The number of hydrogen-bond donors (Lipinski definition) is 1. The van der Waals surface area contributed by atoms with Gasteiger partial charge >= 0.3 is 0 Å². The van der Waals surface area contributed by atoms with Crippen LogP contribution in [0.3, 0.4) is 0 Å². The highest BCUT2D eigenvalue weighted by Crippen LogP contribution is 2.16. The second-order valence-corrected chi connectivity index (χ2v) is 6.80. The quantitative estimate of drug-likeness (QED) is 0.624. The van der Waals surface area contributed by atoms with Gasteiger partial charge in [-0.1, -0.05) is 48.0 Å². The average Bonchev–Trinajstić information content (AvgIpc) is 2.61. The molecule has 0 saturated carbocycles. The first-order valence-electron chi connectivity index (χ1n) is 9.22. The summed E-state index contributed by atoms with van der Waals surface area (Å²) in [5, 5.41) is 10.5. The van der Waals surface area contributed by atoms with Gasteiger partial charge in [0.25, 0.3) is 0 Å². The van der Waals surface area contributed by atoms with Crippen molar-refractivity contribution in [2.75, 3.05) is 33.4 Å². The van der Waals surface area contributed by atoms with Crippen molar-refractivity contribution in [1.29, 1.82) is 0 Å². The number of methoxy groups -OCH3 is 1. The van der Waals surface area contributed by atoms with Gasteiger partial charge in [0.05, 0.1) is 0 Å². The van der Waals surface area contributed by atoms with E-state index in [1.165, 1.54) is 11.1 Å². The molecule has 4 nitrogen and oxygen atoms in total. The summed E-state index contributed by atoms with van der Waals surface area (Å²) < 4.78 is 11.0. The van der Waals surface area contributed by atoms with Crippen molar-refractivity contribution in [2.45, 2.75) is 32.9 Å². The van der Waals surface area contributed by atoms with Crippen LogP contribution in [-0.2, 0) is 11.3 Å². The fraction of sp³-hybridized carbons (Fsp3) is 0.455. The van der Waals surface area contributed by atoms with Crippen LogP contribution in [0.25, 0.3) is 0 Å². The summed E-state index contributed by atoms with van der Waals surface area (Å²) >= 11 is 0. The summed E-state index contributed by atoms with van der Waals surface area (Å²) in [5.74, 6) is 0.830. The maximum absolute atomic E-state index is 10.5. The van der Waals surface area contributed by atoms with E-state index < -0.39 is 6.10 Å². The first-order chi connectivity index (χ1) is 12.6. The predicted octanol–water partition coefficient (Wildman–Crippen LogP) is 3.58. The first-order valence-corrected chi connectivity index (χ1v) is 9.22. The normalized spacial score (nSPS) is 12.3. The Kier molecular flexibility index (Phi) is 8.62. The van der Waals surface area contributed by atoms with E-state index in [4.69, 9.17) is 9.47 Å². The average molecular weight is 357 g/mol. The van der Waals surface area contributed by atoms with Crippen LogP contribution in [0.5, 0.6) is 5.75 Å². The van der Waals surface area contributed by atoms with Crippen molar-refractivity contribution in [2.24, 2.45) is 0 Å². The highest BCUT2D eigenvalue weighted by atomic mass is 16.5. The van der Waals surface area contributed by atoms with E-state index in [-0.39, 0.29) is 0 Å². The largest absolute Gasteiger partial charge is 0.491 e. The lowest BCUT2D eigenvalue weighted by molar-refractivity contribution is 0.0615. The van der Waals surface area contributed by atoms with E-state index in [0.29, 0.717) is 13.2 Å². The van der Waals surface area contributed by atoms with Gasteiger partial charge in [-0.3, -0.25) is 4.90 Å². The zero-order valence-electron chi connectivity index (χ0n) is 16.1. The SMILES string of the molecule is COCCCN(Cc1cccc(C)c1)C[C@@H](O)COc1ccccc1C. The molecule has 4 heteroatoms. The van der Waals surface area contributed by atoms with E-state index in [0.717, 1.165) is 37.4 Å². The van der Waals surface area contributed by atoms with Gasteiger partial charge in [-0.15, -0.1) is 0 Å². The van der Waals surface area contributed by atoms with Gasteiger partial charge in [0.2, 0.25) is 0 Å². The number of benzene rings is 2. The minimum atomic E-state index is -0.540. The number of ether oxygens (including phenoxy) is 2. The topological polar surface area (TPSA) is 41.9 Å². The van der Waals surface area contributed by atoms with Crippen LogP contribution in [0.15, 0.2) is 48.5 Å². The van der Waals surface area contributed by atoms with Gasteiger partial charge in [-0.25, -0.2) is 0 Å². The molecule has 0 bridgehead atoms. The van der Waals surface area contributed by atoms with Crippen LogP contribution in [0.2, 0.25) is 0 Å². The molecule has 26 heavy (non-hydrogen) atoms. The maximum Gasteiger partial charge on any atom is 0.122 e. The monoisotopic (exact) mass is 357 g/mol. The Morgan fingerprint density at radius 3 is 2.62 bits per heavy atom. The lowest BCUT2D eigenvalue weighted by Crippen LogP contribution is -2.36. The second-order valence-electron chi connectivity index (χ2n) is 6.80. The van der Waals surface area contributed by atoms with E-state index in [1.54, 1.807) is 7.11 Å². The molecule has 0 saturated heterocycles. The molecule has 0 aliphatic heterocycles. The maximum atomic E-state index is 10.5. The molecular formula is C22H31NO3. The summed E-state index contributed by atoms with van der Waals surface area (Å²) in [6.45, 7) is 7.39. The molecule has 1 N–H and O–H groups in total. The molecule has 0 radical (unpaired) electrons. The minimum Gasteiger partial charge on any atom is -0.491 e. The molecule has 0 aliphatic rings. The summed E-state index contributed by atoms with van der Waals surface area (Å²) in [6, 6.07) is 16.4. The predicted molar refractivity (Wildman–Crippen MR) is 106 cm³/mol. The van der Waals surface area contributed by atoms with Crippen LogP contribution < -0.4 is 4.74 Å². The lowest BCUT2D eigenvalue weighted by atomic mass is 10.1. The number of rotatable bonds is 11. The second kappa shape index (κ2) is 11.0. The molecule has 0 fully saturated rings. The lowest BCUT2D eigenvalue weighted by Gasteiger charge is -2.25. The molecular weight excluding hydrogens is 326 g/mol. The van der Waals surface area contributed by atoms with Crippen molar-refractivity contribution in [3.63, 3.8) is 0 Å². The van der Waals surface area contributed by atoms with Gasteiger partial charge in [-0.2, -0.15) is 0 Å². The number of para-hydroxylation sites is 1.